The van der Waals surface area contributed by atoms with Crippen LogP contribution < -0.4 is 24.2 Å². The highest BCUT2D eigenvalue weighted by molar-refractivity contribution is 7.52. The normalized spacial score (nSPS) is 27.2. The molecule has 0 saturated carbocycles. The van der Waals surface area contributed by atoms with Gasteiger partial charge in [-0.05, 0) is 169 Å². The molecule has 6 saturated heterocycles. The van der Waals surface area contributed by atoms with Crippen molar-refractivity contribution in [3.63, 3.8) is 0 Å². The van der Waals surface area contributed by atoms with E-state index in [0.29, 0.717) is 115 Å². The average molecular weight is 1620 g/mol. The minimum atomic E-state index is -4.49. The van der Waals surface area contributed by atoms with Crippen molar-refractivity contribution in [2.45, 2.75) is 167 Å². The summed E-state index contributed by atoms with van der Waals surface area (Å²) in [6.45, 7) is 3.39. The molecule has 0 bridgehead atoms. The van der Waals surface area contributed by atoms with Crippen LogP contribution in [0.2, 0.25) is 15.9 Å². The summed E-state index contributed by atoms with van der Waals surface area (Å²) >= 11 is 20.1. The fraction of sp³-hybridized carbons (Fsp3) is 0.529. The first-order valence-corrected chi connectivity index (χ1v) is 43.0. The van der Waals surface area contributed by atoms with Crippen LogP contribution in [0.5, 0.6) is 11.5 Å². The number of aromatic nitrogens is 12. The Kier molecular flexibility index (Phi) is 18.5. The van der Waals surface area contributed by atoms with Crippen LogP contribution in [0.25, 0.3) is 33.5 Å². The number of nitrogens with zero attached hydrogens (tertiary/aromatic N) is 15. The van der Waals surface area contributed by atoms with Crippen molar-refractivity contribution in [1.29, 1.82) is 0 Å². The molecular formula is C70H79Cl3N15O18P3. The topological polar surface area (TPSA) is 440 Å². The molecule has 18 rings (SSSR count). The minimum Gasteiger partial charge on any atom is -0.483 e. The van der Waals surface area contributed by atoms with E-state index in [-0.39, 0.29) is 95.2 Å². The Bertz CT molecular complexity index is 5240. The lowest BCUT2D eigenvalue weighted by atomic mass is 9.74. The number of fused-ring (bicyclic) bond motifs is 9. The Morgan fingerprint density at radius 1 is 0.486 bits per heavy atom. The summed E-state index contributed by atoms with van der Waals surface area (Å²) in [6.07, 6.45) is -1.76. The maximum atomic E-state index is 12.7. The molecule has 6 aliphatic heterocycles. The Balaban J connectivity index is 0.566. The fourth-order valence-electron chi connectivity index (χ4n) is 18.6. The number of aliphatic hydroxyl groups is 4. The number of halogens is 3. The molecule has 33 nitrogen and oxygen atoms in total. The van der Waals surface area contributed by atoms with Gasteiger partial charge in [-0.3, -0.25) is 27.4 Å². The third-order valence-electron chi connectivity index (χ3n) is 24.0. The van der Waals surface area contributed by atoms with Crippen LogP contribution in [0.15, 0.2) is 79.6 Å². The van der Waals surface area contributed by atoms with E-state index < -0.39 is 96.0 Å². The van der Waals surface area contributed by atoms with Gasteiger partial charge >= 0.3 is 22.8 Å². The van der Waals surface area contributed by atoms with E-state index in [0.717, 1.165) is 47.9 Å². The van der Waals surface area contributed by atoms with Gasteiger partial charge in [0.05, 0.1) is 44.0 Å². The standard InChI is InChI=1S/C70H79Cl3N15O18P3/c71-64-77-55(47-58(80-64)86(34-74-47)61-52(91)50(89)45(105-61)9-3-5-22-107(93,94)95)84-31-69(32-84)21-16-39-26-41(11-13-44(39)69)104-54-63(102-33-70(54,92)18-4-6-23-108(96,97)98)88-36-76-49-57(79-66(73)82-60(49)88)85-29-68(30-85)20-15-38-25-40(10-12-43(38)68)103-53-51(90)46(17-24-109(99,100)101)106-62(53)87-35-75-48-56(78-65(72)81-59(48)87)83-27-67(28-83)19-14-37-7-1-2-8-42(37)67/h1-2,7-8,10-13,25-26,34-36,45-46,50-54,61-63,89-92H,3-6,9,14-24,27-33H2,(H2,93,94,95)(H2,96,97,98)(H2,99,100,101)/t45-,46-,50?,51?,52?,53?,54?,61-,62-,63-,70?/m1/s1. The van der Waals surface area contributed by atoms with Gasteiger partial charge in [-0.2, -0.15) is 29.9 Å². The largest absolute Gasteiger partial charge is 0.483 e. The second-order valence-corrected chi connectivity index (χ2v) is 37.4. The van der Waals surface area contributed by atoms with Crippen LogP contribution in [-0.4, -0.2) is 221 Å². The zero-order valence-electron chi connectivity index (χ0n) is 58.5. The van der Waals surface area contributed by atoms with Crippen molar-refractivity contribution < 1.29 is 87.2 Å². The molecule has 39 heteroatoms. The lowest BCUT2D eigenvalue weighted by Crippen LogP contribution is -2.58. The minimum absolute atomic E-state index is 0.0108. The molecule has 10 N–H and O–H groups in total. The Hall–Kier alpha value is -6.65. The molecule has 11 atom stereocenters. The number of benzene rings is 3. The van der Waals surface area contributed by atoms with Gasteiger partial charge in [-0.25, -0.2) is 15.0 Å². The van der Waals surface area contributed by atoms with Crippen LogP contribution in [0.4, 0.5) is 17.5 Å². The van der Waals surface area contributed by atoms with Gasteiger partial charge in [-0.15, -0.1) is 0 Å². The molecule has 0 radical (unpaired) electrons. The van der Waals surface area contributed by atoms with Crippen LogP contribution >= 0.6 is 57.6 Å². The summed E-state index contributed by atoms with van der Waals surface area (Å²) in [4.78, 5) is 106. The van der Waals surface area contributed by atoms with Crippen molar-refractivity contribution in [3.05, 3.63) is 129 Å². The van der Waals surface area contributed by atoms with Crippen molar-refractivity contribution in [3.8, 4) is 11.5 Å². The van der Waals surface area contributed by atoms with E-state index >= 15 is 0 Å². The molecule has 578 valence electrons. The SMILES string of the molecule is O=P(O)(O)CCCC[C@H]1O[C@@H](n2cnc3c(N4CC5(CCc6cc(OC7[C@H](n8cnc9c(N%10CC%11(CCc%12cc(OC%13C(O)[C@@H](CCP(=O)(O)O)O[C@H]%13n%13cnc%14c(N%15CC%16(CCc%17ccccc%17%16)C%15)nc(Cl)nc%14%13)ccc%12%11)C%10)nc(Cl)nc98)OCC7(O)CCCCP(=O)(O)O)ccc65)C4)nc(Cl)nc32)C(O)C1O. The smallest absolute Gasteiger partial charge is 0.325 e. The van der Waals surface area contributed by atoms with Crippen molar-refractivity contribution in [1.82, 2.24) is 58.6 Å². The van der Waals surface area contributed by atoms with Gasteiger partial charge in [0.1, 0.15) is 35.4 Å². The molecule has 109 heavy (non-hydrogen) atoms. The summed E-state index contributed by atoms with van der Waals surface area (Å²) in [5.74, 6) is 2.41. The van der Waals surface area contributed by atoms with Crippen molar-refractivity contribution in [2.24, 2.45) is 0 Å². The molecule has 9 aromatic rings. The van der Waals surface area contributed by atoms with Gasteiger partial charge in [0.15, 0.2) is 81.8 Å². The van der Waals surface area contributed by atoms with E-state index in [1.54, 1.807) is 21.8 Å². The zero-order chi connectivity index (χ0) is 75.6. The number of ether oxygens (including phenoxy) is 5. The Labute approximate surface area is 637 Å². The summed E-state index contributed by atoms with van der Waals surface area (Å²) < 4.78 is 73.2. The molecule has 12 heterocycles. The molecular weight excluding hydrogens is 1540 g/mol. The third-order valence-corrected chi connectivity index (χ3v) is 27.1. The van der Waals surface area contributed by atoms with Gasteiger partial charge in [0.25, 0.3) is 0 Å². The highest BCUT2D eigenvalue weighted by Gasteiger charge is 2.56. The van der Waals surface area contributed by atoms with Crippen molar-refractivity contribution >= 4 is 109 Å². The Morgan fingerprint density at radius 2 is 0.927 bits per heavy atom. The van der Waals surface area contributed by atoms with Gasteiger partial charge in [-0.1, -0.05) is 42.8 Å². The monoisotopic (exact) mass is 1620 g/mol. The lowest BCUT2D eigenvalue weighted by molar-refractivity contribution is -0.0511. The highest BCUT2D eigenvalue weighted by atomic mass is 35.5. The maximum Gasteiger partial charge on any atom is 0.325 e. The number of hydrogen-bond donors (Lipinski definition) is 10. The molecule has 3 spiro atoms. The summed E-state index contributed by atoms with van der Waals surface area (Å²) in [5.41, 5.74) is 6.92. The first kappa shape index (κ1) is 73.8. The molecule has 9 aliphatic rings. The second kappa shape index (κ2) is 27.3. The lowest BCUT2D eigenvalue weighted by Gasteiger charge is -2.49. The molecule has 3 aromatic carbocycles. The van der Waals surface area contributed by atoms with Crippen LogP contribution in [0.1, 0.15) is 116 Å². The van der Waals surface area contributed by atoms with Crippen molar-refractivity contribution in [2.75, 3.05) is 79.1 Å². The number of hydrogen-bond acceptors (Lipinski definition) is 24. The van der Waals surface area contributed by atoms with Gasteiger partial charge in [0.2, 0.25) is 15.9 Å². The third kappa shape index (κ3) is 13.3. The number of aliphatic hydroxyl groups excluding tert-OH is 3. The average Bonchev–Trinajstić information content (AvgIpc) is 1.49. The molecule has 3 aliphatic carbocycles. The van der Waals surface area contributed by atoms with E-state index in [2.05, 4.69) is 63.9 Å². The summed E-state index contributed by atoms with van der Waals surface area (Å²) in [7, 11) is -13.0. The van der Waals surface area contributed by atoms with E-state index in [4.69, 9.17) is 78.4 Å². The van der Waals surface area contributed by atoms with Gasteiger partial charge in [0, 0.05) is 67.8 Å². The first-order valence-electron chi connectivity index (χ1n) is 36.5. The predicted molar refractivity (Wildman–Crippen MR) is 395 cm³/mol. The van der Waals surface area contributed by atoms with E-state index in [1.165, 1.54) is 22.0 Å². The van der Waals surface area contributed by atoms with Crippen LogP contribution in [0, 0.1) is 0 Å². The Morgan fingerprint density at radius 3 is 1.44 bits per heavy atom. The highest BCUT2D eigenvalue weighted by Crippen LogP contribution is 2.54. The molecule has 0 amide bonds. The predicted octanol–water partition coefficient (Wildman–Crippen LogP) is 6.47. The molecule has 6 fully saturated rings. The van der Waals surface area contributed by atoms with Crippen LogP contribution in [-0.2, 0) is 63.4 Å². The quantitative estimate of drug-likeness (QED) is 0.0186. The second-order valence-electron chi connectivity index (χ2n) is 31.1. The maximum absolute atomic E-state index is 12.7. The van der Waals surface area contributed by atoms with Gasteiger partial charge < -0.3 is 88.2 Å². The first-order chi connectivity index (χ1) is 52.0. The van der Waals surface area contributed by atoms with Crippen LogP contribution in [0.3, 0.4) is 0 Å². The molecule has 6 unspecified atom stereocenters. The van der Waals surface area contributed by atoms with E-state index in [9.17, 15) is 63.5 Å². The van der Waals surface area contributed by atoms with E-state index in [1.807, 2.05) is 36.4 Å². The number of aryl methyl sites for hydroxylation is 3. The fourth-order valence-corrected chi connectivity index (χ4v) is 21.0. The molecule has 6 aromatic heterocycles. The number of unbranched alkanes of at least 4 members (excludes halogenated alkanes) is 2. The zero-order valence-corrected chi connectivity index (χ0v) is 63.4. The summed E-state index contributed by atoms with van der Waals surface area (Å²) in [6, 6.07) is 20.2. The number of anilines is 3. The summed E-state index contributed by atoms with van der Waals surface area (Å²) in [5, 5.41) is 46.7. The number of rotatable bonds is 23. The number of imidazole rings is 3.